The number of aryl methyl sites for hydroxylation is 1. The van der Waals surface area contributed by atoms with Gasteiger partial charge in [-0.15, -0.1) is 0 Å². The molecule has 1 saturated carbocycles. The number of carbonyl (C=O) groups is 2. The number of hydrogen-bond donors (Lipinski definition) is 1. The Morgan fingerprint density at radius 1 is 1.00 bits per heavy atom. The lowest BCUT2D eigenvalue weighted by Gasteiger charge is -2.56. The van der Waals surface area contributed by atoms with Gasteiger partial charge in [0.2, 0.25) is 5.91 Å². The first-order valence-corrected chi connectivity index (χ1v) is 20.0. The van der Waals surface area contributed by atoms with E-state index in [4.69, 9.17) is 9.72 Å². The minimum atomic E-state index is -4.22. The zero-order valence-electron chi connectivity index (χ0n) is 31.6. The van der Waals surface area contributed by atoms with Crippen molar-refractivity contribution >= 4 is 38.7 Å². The quantitative estimate of drug-likeness (QED) is 0.211. The van der Waals surface area contributed by atoms with Crippen molar-refractivity contribution in [3.05, 3.63) is 84.8 Å². The lowest BCUT2D eigenvalue weighted by molar-refractivity contribution is -0.126. The summed E-state index contributed by atoms with van der Waals surface area (Å²) in [4.78, 5) is 36.2. The van der Waals surface area contributed by atoms with Crippen molar-refractivity contribution in [1.82, 2.24) is 29.0 Å². The molecule has 1 N–H and O–H groups in total. The van der Waals surface area contributed by atoms with Crippen LogP contribution in [0.15, 0.2) is 84.1 Å². The number of pyridine rings is 1. The molecular weight excluding hydrogens is 717 g/mol. The van der Waals surface area contributed by atoms with Crippen molar-refractivity contribution in [1.29, 1.82) is 5.26 Å². The minimum absolute atomic E-state index is 0.0653. The van der Waals surface area contributed by atoms with E-state index in [1.807, 2.05) is 51.1 Å². The van der Waals surface area contributed by atoms with Crippen LogP contribution < -0.4 is 10.2 Å². The normalized spacial score (nSPS) is 21.0. The summed E-state index contributed by atoms with van der Waals surface area (Å²) in [6.07, 6.45) is 6.98. The third-order valence-corrected chi connectivity index (χ3v) is 13.2. The van der Waals surface area contributed by atoms with Crippen LogP contribution in [0.25, 0.3) is 33.4 Å². The average molecular weight is 761 g/mol. The van der Waals surface area contributed by atoms with Crippen molar-refractivity contribution in [2.24, 2.45) is 7.05 Å². The third-order valence-electron chi connectivity index (χ3n) is 11.5. The number of nitriles is 1. The molecule has 3 aliphatic rings. The van der Waals surface area contributed by atoms with Crippen LogP contribution in [0.1, 0.15) is 58.4 Å². The zero-order valence-corrected chi connectivity index (χ0v) is 32.4. The number of alkyl carbamates (subject to hydrolysis) is 1. The van der Waals surface area contributed by atoms with E-state index in [1.165, 1.54) is 3.97 Å². The maximum absolute atomic E-state index is 14.9. The van der Waals surface area contributed by atoms with E-state index >= 15 is 0 Å². The van der Waals surface area contributed by atoms with Crippen LogP contribution in [0.5, 0.6) is 0 Å². The van der Waals surface area contributed by atoms with Gasteiger partial charge in [0.1, 0.15) is 5.60 Å². The smallest absolute Gasteiger partial charge is 0.407 e. The molecule has 0 unspecified atom stereocenters. The molecule has 2 aliphatic heterocycles. The predicted octanol–water partition coefficient (Wildman–Crippen LogP) is 5.99. The standard InChI is InChI=1S/C41H44N8O5S/c1-39(2,3)54-38(51)45-29-22-40(23-29,16-19-42)48-20-17-41(18-21-48)34-31(47(5)37(41)50)25-43-36-33(34)32(27-12-8-6-9-13-27)35(28-24-44-46(4)26-28)49(36)55(52,53)30-14-10-7-11-15-30/h6-15,24-26,29H,16-18,20-23H2,1-5H3,(H,45,51). The monoisotopic (exact) mass is 760 g/mol. The maximum atomic E-state index is 14.9. The third kappa shape index (κ3) is 5.88. The number of ether oxygens (including phenoxy) is 1. The second-order valence-electron chi connectivity index (χ2n) is 16.0. The van der Waals surface area contributed by atoms with Crippen molar-refractivity contribution in [3.8, 4) is 28.5 Å². The van der Waals surface area contributed by atoms with E-state index in [9.17, 15) is 23.3 Å². The van der Waals surface area contributed by atoms with Crippen LogP contribution in [0.3, 0.4) is 0 Å². The van der Waals surface area contributed by atoms with Crippen molar-refractivity contribution < 1.29 is 22.7 Å². The Balaban J connectivity index is 1.27. The number of rotatable bonds is 7. The highest BCUT2D eigenvalue weighted by atomic mass is 32.2. The lowest BCUT2D eigenvalue weighted by atomic mass is 9.66. The molecule has 284 valence electrons. The molecule has 1 spiro atoms. The topological polar surface area (TPSA) is 155 Å². The Hall–Kier alpha value is -5.52. The SMILES string of the molecule is CN1C(=O)C2(CCN(C3(CC#N)CC(NC(=O)OC(C)(C)C)C3)CC2)c2c1cnc1c2c(-c2ccccc2)c(-c2cnn(C)c2)n1S(=O)(=O)c1ccccc1. The van der Waals surface area contributed by atoms with Crippen LogP contribution in [-0.4, -0.2) is 81.4 Å². The van der Waals surface area contributed by atoms with E-state index in [2.05, 4.69) is 21.4 Å². The summed E-state index contributed by atoms with van der Waals surface area (Å²) in [7, 11) is -0.680. The van der Waals surface area contributed by atoms with Crippen LogP contribution in [0.2, 0.25) is 0 Å². The summed E-state index contributed by atoms with van der Waals surface area (Å²) in [6.45, 7) is 6.52. The predicted molar refractivity (Wildman–Crippen MR) is 208 cm³/mol. The Morgan fingerprint density at radius 3 is 2.25 bits per heavy atom. The number of hydrogen-bond acceptors (Lipinski definition) is 9. The molecule has 0 atom stereocenters. The van der Waals surface area contributed by atoms with Gasteiger partial charge in [-0.1, -0.05) is 48.5 Å². The van der Waals surface area contributed by atoms with Crippen LogP contribution in [-0.2, 0) is 32.0 Å². The largest absolute Gasteiger partial charge is 0.444 e. The first kappa shape index (κ1) is 36.5. The molecule has 2 aromatic carbocycles. The van der Waals surface area contributed by atoms with Crippen molar-refractivity contribution in [2.75, 3.05) is 25.0 Å². The van der Waals surface area contributed by atoms with Gasteiger partial charge in [-0.3, -0.25) is 14.4 Å². The van der Waals surface area contributed by atoms with E-state index in [-0.39, 0.29) is 28.9 Å². The highest BCUT2D eigenvalue weighted by molar-refractivity contribution is 7.90. The van der Waals surface area contributed by atoms with E-state index < -0.39 is 32.7 Å². The highest BCUT2D eigenvalue weighted by Gasteiger charge is 2.57. The number of carbonyl (C=O) groups excluding carboxylic acids is 2. The first-order chi connectivity index (χ1) is 26.2. The second kappa shape index (κ2) is 13.1. The number of likely N-dealkylation sites (N-methyl/N-ethyl adjacent to an activating group) is 1. The summed E-state index contributed by atoms with van der Waals surface area (Å²) in [5.74, 6) is -0.0653. The van der Waals surface area contributed by atoms with Gasteiger partial charge in [0.25, 0.3) is 10.0 Å². The number of fused-ring (bicyclic) bond motifs is 4. The molecule has 1 saturated heterocycles. The van der Waals surface area contributed by atoms with Gasteiger partial charge in [-0.05, 0) is 64.2 Å². The summed E-state index contributed by atoms with van der Waals surface area (Å²) in [5, 5.41) is 18.0. The van der Waals surface area contributed by atoms with Crippen LogP contribution in [0, 0.1) is 11.3 Å². The number of anilines is 1. The van der Waals surface area contributed by atoms with Crippen LogP contribution >= 0.6 is 0 Å². The number of aromatic nitrogens is 4. The van der Waals surface area contributed by atoms with Crippen LogP contribution in [0.4, 0.5) is 10.5 Å². The fourth-order valence-electron chi connectivity index (χ4n) is 9.03. The molecule has 14 heteroatoms. The summed E-state index contributed by atoms with van der Waals surface area (Å²) in [6, 6.07) is 20.2. The van der Waals surface area contributed by atoms with Gasteiger partial charge in [0, 0.05) is 67.0 Å². The number of nitrogens with zero attached hydrogens (tertiary/aromatic N) is 7. The number of nitrogens with one attached hydrogen (secondary N) is 1. The average Bonchev–Trinajstić information content (AvgIpc) is 3.79. The molecule has 0 bridgehead atoms. The Morgan fingerprint density at radius 2 is 1.65 bits per heavy atom. The minimum Gasteiger partial charge on any atom is -0.444 e. The molecule has 8 rings (SSSR count). The maximum Gasteiger partial charge on any atom is 0.407 e. The lowest BCUT2D eigenvalue weighted by Crippen LogP contribution is -2.66. The highest BCUT2D eigenvalue weighted by Crippen LogP contribution is 2.56. The summed E-state index contributed by atoms with van der Waals surface area (Å²) < 4.78 is 38.2. The van der Waals surface area contributed by atoms with E-state index in [1.54, 1.807) is 72.6 Å². The van der Waals surface area contributed by atoms with Crippen molar-refractivity contribution in [2.45, 2.75) is 80.4 Å². The molecular formula is C41H44N8O5S. The summed E-state index contributed by atoms with van der Waals surface area (Å²) >= 11 is 0. The second-order valence-corrected chi connectivity index (χ2v) is 17.8. The van der Waals surface area contributed by atoms with Gasteiger partial charge >= 0.3 is 6.09 Å². The number of likely N-dealkylation sites (tertiary alicyclic amines) is 1. The van der Waals surface area contributed by atoms with Gasteiger partial charge in [-0.25, -0.2) is 22.2 Å². The fraction of sp³-hybridized carbons (Fsp3) is 0.390. The molecule has 3 aromatic heterocycles. The van der Waals surface area contributed by atoms with Crippen molar-refractivity contribution in [3.63, 3.8) is 0 Å². The van der Waals surface area contributed by atoms with Gasteiger partial charge in [-0.2, -0.15) is 10.4 Å². The first-order valence-electron chi connectivity index (χ1n) is 18.5. The number of amides is 2. The molecule has 2 fully saturated rings. The molecule has 5 heterocycles. The molecule has 0 radical (unpaired) electrons. The summed E-state index contributed by atoms with van der Waals surface area (Å²) in [5.41, 5.74) is 2.05. The zero-order chi connectivity index (χ0) is 38.9. The van der Waals surface area contributed by atoms with Gasteiger partial charge in [0.15, 0.2) is 5.65 Å². The number of benzene rings is 2. The van der Waals surface area contributed by atoms with Gasteiger partial charge in [0.05, 0.1) is 46.6 Å². The molecule has 55 heavy (non-hydrogen) atoms. The molecule has 1 aliphatic carbocycles. The van der Waals surface area contributed by atoms with Gasteiger partial charge < -0.3 is 15.0 Å². The molecule has 2 amide bonds. The Bertz CT molecular complexity index is 2470. The Kier molecular flexibility index (Phi) is 8.66. The fourth-order valence-corrected chi connectivity index (χ4v) is 10.5. The molecule has 5 aromatic rings. The number of piperidine rings is 1. The van der Waals surface area contributed by atoms with E-state index in [0.29, 0.717) is 66.7 Å². The Labute approximate surface area is 320 Å². The molecule has 13 nitrogen and oxygen atoms in total. The van der Waals surface area contributed by atoms with E-state index in [0.717, 1.165) is 11.1 Å².